The molecule has 0 saturated heterocycles. The van der Waals surface area contributed by atoms with Crippen LogP contribution in [0, 0.1) is 0 Å². The van der Waals surface area contributed by atoms with Crippen LogP contribution in [0.5, 0.6) is 0 Å². The van der Waals surface area contributed by atoms with E-state index in [1.165, 1.54) is 11.8 Å². The first-order valence-corrected chi connectivity index (χ1v) is 9.19. The van der Waals surface area contributed by atoms with Gasteiger partial charge in [0.1, 0.15) is 5.52 Å². The second kappa shape index (κ2) is 6.85. The fourth-order valence-corrected chi connectivity index (χ4v) is 3.49. The highest BCUT2D eigenvalue weighted by molar-refractivity contribution is 9.10. The van der Waals surface area contributed by atoms with Gasteiger partial charge in [0.15, 0.2) is 11.4 Å². The Morgan fingerprint density at radius 2 is 1.92 bits per heavy atom. The van der Waals surface area contributed by atoms with Gasteiger partial charge in [-0.25, -0.2) is 4.98 Å². The van der Waals surface area contributed by atoms with E-state index in [1.807, 2.05) is 59.2 Å². The Kier molecular flexibility index (Phi) is 4.42. The molecule has 0 radical (unpaired) electrons. The van der Waals surface area contributed by atoms with E-state index in [-0.39, 0.29) is 0 Å². The first-order valence-electron chi connectivity index (χ1n) is 7.58. The SMILES string of the molecule is C=CCn1c(Sc2nc3ccccc3o2)nnc1-c1ccc(Br)cc1. The van der Waals surface area contributed by atoms with Crippen molar-refractivity contribution in [2.75, 3.05) is 0 Å². The third kappa shape index (κ3) is 3.25. The summed E-state index contributed by atoms with van der Waals surface area (Å²) in [5.74, 6) is 0.783. The molecule has 25 heavy (non-hydrogen) atoms. The summed E-state index contributed by atoms with van der Waals surface area (Å²) in [5.41, 5.74) is 2.57. The van der Waals surface area contributed by atoms with Crippen molar-refractivity contribution in [3.05, 3.63) is 65.7 Å². The largest absolute Gasteiger partial charge is 0.431 e. The zero-order valence-electron chi connectivity index (χ0n) is 13.1. The molecule has 2 aromatic heterocycles. The number of hydrogen-bond donors (Lipinski definition) is 0. The highest BCUT2D eigenvalue weighted by Gasteiger charge is 2.17. The summed E-state index contributed by atoms with van der Waals surface area (Å²) in [6.45, 7) is 4.43. The van der Waals surface area contributed by atoms with E-state index in [9.17, 15) is 0 Å². The summed E-state index contributed by atoms with van der Waals surface area (Å²) in [5, 5.41) is 9.92. The third-order valence-corrected chi connectivity index (χ3v) is 4.95. The van der Waals surface area contributed by atoms with Gasteiger partial charge in [0.05, 0.1) is 0 Å². The average Bonchev–Trinajstić information content (AvgIpc) is 3.20. The minimum Gasteiger partial charge on any atom is -0.431 e. The van der Waals surface area contributed by atoms with Gasteiger partial charge in [-0.2, -0.15) is 0 Å². The molecule has 5 nitrogen and oxygen atoms in total. The van der Waals surface area contributed by atoms with E-state index in [0.717, 1.165) is 27.0 Å². The maximum atomic E-state index is 5.77. The molecule has 4 rings (SSSR count). The van der Waals surface area contributed by atoms with E-state index in [0.29, 0.717) is 16.9 Å². The molecule has 0 amide bonds. The second-order valence-electron chi connectivity index (χ2n) is 5.26. The number of benzene rings is 2. The van der Waals surface area contributed by atoms with E-state index in [1.54, 1.807) is 0 Å². The lowest BCUT2D eigenvalue weighted by atomic mass is 10.2. The van der Waals surface area contributed by atoms with E-state index in [2.05, 4.69) is 37.7 Å². The molecule has 4 aromatic rings. The predicted octanol–water partition coefficient (Wildman–Crippen LogP) is 5.19. The summed E-state index contributed by atoms with van der Waals surface area (Å²) < 4.78 is 8.79. The number of oxazole rings is 1. The van der Waals surface area contributed by atoms with Crippen LogP contribution in [0.4, 0.5) is 0 Å². The molecular weight excluding hydrogens is 400 g/mol. The van der Waals surface area contributed by atoms with Gasteiger partial charge >= 0.3 is 0 Å². The summed E-state index contributed by atoms with van der Waals surface area (Å²) >= 11 is 4.80. The van der Waals surface area contributed by atoms with Gasteiger partial charge in [0.25, 0.3) is 5.22 Å². The molecule has 0 spiro atoms. The molecule has 0 unspecified atom stereocenters. The fraction of sp³-hybridized carbons (Fsp3) is 0.0556. The first-order chi connectivity index (χ1) is 12.2. The Morgan fingerprint density at radius 1 is 1.12 bits per heavy atom. The molecule has 0 aliphatic carbocycles. The van der Waals surface area contributed by atoms with Crippen LogP contribution in [0.3, 0.4) is 0 Å². The molecule has 0 atom stereocenters. The number of halogens is 1. The van der Waals surface area contributed by atoms with E-state index >= 15 is 0 Å². The summed E-state index contributed by atoms with van der Waals surface area (Å²) in [6.07, 6.45) is 1.82. The van der Waals surface area contributed by atoms with Gasteiger partial charge in [-0.1, -0.05) is 46.3 Å². The molecule has 7 heteroatoms. The quantitative estimate of drug-likeness (QED) is 0.422. The Labute approximate surface area is 156 Å². The number of fused-ring (bicyclic) bond motifs is 1. The fourth-order valence-electron chi connectivity index (χ4n) is 2.44. The van der Waals surface area contributed by atoms with Gasteiger partial charge in [0, 0.05) is 28.3 Å². The number of nitrogens with zero attached hydrogens (tertiary/aromatic N) is 4. The summed E-state index contributed by atoms with van der Waals surface area (Å²) in [4.78, 5) is 4.49. The van der Waals surface area contributed by atoms with Crippen molar-refractivity contribution in [1.29, 1.82) is 0 Å². The second-order valence-corrected chi connectivity index (χ2v) is 7.10. The van der Waals surface area contributed by atoms with Gasteiger partial charge in [-0.05, 0) is 24.3 Å². The lowest BCUT2D eigenvalue weighted by molar-refractivity contribution is 0.488. The van der Waals surface area contributed by atoms with Gasteiger partial charge in [-0.15, -0.1) is 16.8 Å². The molecular formula is C18H13BrN4OS. The minimum absolute atomic E-state index is 0.543. The zero-order valence-corrected chi connectivity index (χ0v) is 15.5. The Hall–Kier alpha value is -2.38. The molecule has 124 valence electrons. The first kappa shape index (κ1) is 16.1. The van der Waals surface area contributed by atoms with Crippen LogP contribution in [-0.4, -0.2) is 19.7 Å². The van der Waals surface area contributed by atoms with Crippen LogP contribution >= 0.6 is 27.7 Å². The van der Waals surface area contributed by atoms with E-state index < -0.39 is 0 Å². The summed E-state index contributed by atoms with van der Waals surface area (Å²) in [6, 6.07) is 15.6. The van der Waals surface area contributed by atoms with Crippen LogP contribution in [-0.2, 0) is 6.54 Å². The molecule has 0 N–H and O–H groups in total. The molecule has 0 aliphatic heterocycles. The zero-order chi connectivity index (χ0) is 17.2. The van der Waals surface area contributed by atoms with Gasteiger partial charge in [-0.3, -0.25) is 4.57 Å². The maximum Gasteiger partial charge on any atom is 0.264 e. The van der Waals surface area contributed by atoms with Crippen LogP contribution < -0.4 is 0 Å². The number of rotatable bonds is 5. The van der Waals surface area contributed by atoms with E-state index in [4.69, 9.17) is 4.42 Å². The lowest BCUT2D eigenvalue weighted by Gasteiger charge is -2.06. The van der Waals surface area contributed by atoms with Gasteiger partial charge < -0.3 is 4.42 Å². The number of para-hydroxylation sites is 2. The van der Waals surface area contributed by atoms with Crippen LogP contribution in [0.15, 0.2) is 80.5 Å². The van der Waals surface area contributed by atoms with Crippen LogP contribution in [0.25, 0.3) is 22.5 Å². The van der Waals surface area contributed by atoms with Crippen molar-refractivity contribution in [3.8, 4) is 11.4 Å². The van der Waals surface area contributed by atoms with Crippen molar-refractivity contribution in [3.63, 3.8) is 0 Å². The smallest absolute Gasteiger partial charge is 0.264 e. The Morgan fingerprint density at radius 3 is 2.68 bits per heavy atom. The van der Waals surface area contributed by atoms with Crippen LogP contribution in [0.2, 0.25) is 0 Å². The number of hydrogen-bond acceptors (Lipinski definition) is 5. The monoisotopic (exact) mass is 412 g/mol. The number of allylic oxidation sites excluding steroid dienone is 1. The Balaban J connectivity index is 1.71. The highest BCUT2D eigenvalue weighted by Crippen LogP contribution is 2.31. The standard InChI is InChI=1S/C18H13BrN4OS/c1-2-11-23-16(12-7-9-13(19)10-8-12)21-22-17(23)25-18-20-14-5-3-4-6-15(14)24-18/h2-10H,1,11H2. The molecule has 0 bridgehead atoms. The molecule has 0 aliphatic rings. The maximum absolute atomic E-state index is 5.77. The lowest BCUT2D eigenvalue weighted by Crippen LogP contribution is -2.00. The van der Waals surface area contributed by atoms with Gasteiger partial charge in [0.2, 0.25) is 5.16 Å². The van der Waals surface area contributed by atoms with Crippen molar-refractivity contribution < 1.29 is 4.42 Å². The third-order valence-electron chi connectivity index (χ3n) is 3.58. The predicted molar refractivity (Wildman–Crippen MR) is 101 cm³/mol. The van der Waals surface area contributed by atoms with Crippen molar-refractivity contribution >= 4 is 38.8 Å². The molecule has 0 fully saturated rings. The normalized spacial score (nSPS) is 11.1. The van der Waals surface area contributed by atoms with Crippen molar-refractivity contribution in [2.24, 2.45) is 0 Å². The molecule has 2 aromatic carbocycles. The molecule has 2 heterocycles. The summed E-state index contributed by atoms with van der Waals surface area (Å²) in [7, 11) is 0. The molecule has 0 saturated carbocycles. The Bertz CT molecular complexity index is 1010. The highest BCUT2D eigenvalue weighted by atomic mass is 79.9. The minimum atomic E-state index is 0.543. The number of aromatic nitrogens is 4. The van der Waals surface area contributed by atoms with Crippen LogP contribution in [0.1, 0.15) is 0 Å². The van der Waals surface area contributed by atoms with Crippen molar-refractivity contribution in [2.45, 2.75) is 16.9 Å². The average molecular weight is 413 g/mol. The topological polar surface area (TPSA) is 56.7 Å². The van der Waals surface area contributed by atoms with Crippen molar-refractivity contribution in [1.82, 2.24) is 19.7 Å².